The Kier molecular flexibility index (Phi) is 4.84. The molecule has 0 bridgehead atoms. The normalized spacial score (nSPS) is 10.7. The third kappa shape index (κ3) is 3.76. The Bertz CT molecular complexity index is 1110. The zero-order valence-corrected chi connectivity index (χ0v) is 14.4. The second-order valence-electron chi connectivity index (χ2n) is 5.94. The summed E-state index contributed by atoms with van der Waals surface area (Å²) in [6, 6.07) is 10.5. The molecule has 2 aromatic carbocycles. The van der Waals surface area contributed by atoms with Crippen LogP contribution in [0.3, 0.4) is 0 Å². The Morgan fingerprint density at radius 2 is 1.96 bits per heavy atom. The molecule has 0 saturated carbocycles. The summed E-state index contributed by atoms with van der Waals surface area (Å²) in [6.45, 7) is -0.0734. The fourth-order valence-electron chi connectivity index (χ4n) is 2.74. The molecule has 0 atom stereocenters. The second kappa shape index (κ2) is 7.24. The third-order valence-electron chi connectivity index (χ3n) is 4.11. The van der Waals surface area contributed by atoms with Gasteiger partial charge in [0.25, 0.3) is 11.2 Å². The van der Waals surface area contributed by atoms with Crippen molar-refractivity contribution in [1.82, 2.24) is 15.1 Å². The van der Waals surface area contributed by atoms with Gasteiger partial charge in [0.1, 0.15) is 5.75 Å². The Hall–Kier alpha value is -3.75. The van der Waals surface area contributed by atoms with E-state index in [1.165, 1.54) is 29.9 Å². The molecule has 2 N–H and O–H groups in total. The van der Waals surface area contributed by atoms with Crippen LogP contribution in [0.5, 0.6) is 5.75 Å². The monoisotopic (exact) mass is 368 g/mol. The summed E-state index contributed by atoms with van der Waals surface area (Å²) in [5.74, 6) is -0.538. The standard InChI is InChI=1S/C18H16N4O5/c1-21-18(25)14-5-3-2-4-13(14)15(20-21)9-17(24)19-10-11-8-12(22(26)27)6-7-16(11)23/h2-8,23H,9-10H2,1H3,(H,19,24). The molecule has 0 aliphatic heterocycles. The first kappa shape index (κ1) is 18.1. The minimum atomic E-state index is -0.578. The highest BCUT2D eigenvalue weighted by atomic mass is 16.6. The summed E-state index contributed by atoms with van der Waals surface area (Å²) in [7, 11) is 1.51. The van der Waals surface area contributed by atoms with Gasteiger partial charge in [-0.3, -0.25) is 19.7 Å². The van der Waals surface area contributed by atoms with E-state index in [9.17, 15) is 24.8 Å². The minimum absolute atomic E-state index is 0.0734. The number of fused-ring (bicyclic) bond motifs is 1. The molecule has 0 radical (unpaired) electrons. The number of phenols is 1. The van der Waals surface area contributed by atoms with Crippen molar-refractivity contribution < 1.29 is 14.8 Å². The van der Waals surface area contributed by atoms with Crippen molar-refractivity contribution in [3.05, 3.63) is 74.2 Å². The molecule has 9 nitrogen and oxygen atoms in total. The Balaban J connectivity index is 1.79. The van der Waals surface area contributed by atoms with Crippen LogP contribution in [0.4, 0.5) is 5.69 Å². The van der Waals surface area contributed by atoms with Crippen LogP contribution < -0.4 is 10.9 Å². The van der Waals surface area contributed by atoms with E-state index in [0.29, 0.717) is 16.5 Å². The first-order valence-corrected chi connectivity index (χ1v) is 8.04. The lowest BCUT2D eigenvalue weighted by Crippen LogP contribution is -2.27. The molecule has 9 heteroatoms. The van der Waals surface area contributed by atoms with E-state index >= 15 is 0 Å². The van der Waals surface area contributed by atoms with Gasteiger partial charge < -0.3 is 10.4 Å². The number of phenolic OH excluding ortho intramolecular Hbond substituents is 1. The van der Waals surface area contributed by atoms with Gasteiger partial charge in [0.15, 0.2) is 0 Å². The number of aromatic hydroxyl groups is 1. The molecule has 0 aliphatic rings. The number of nitro benzene ring substituents is 1. The van der Waals surface area contributed by atoms with E-state index in [1.807, 2.05) is 0 Å². The van der Waals surface area contributed by atoms with E-state index in [0.717, 1.165) is 0 Å². The van der Waals surface area contributed by atoms with Gasteiger partial charge in [0, 0.05) is 36.7 Å². The van der Waals surface area contributed by atoms with Crippen LogP contribution in [0, 0.1) is 10.1 Å². The summed E-state index contributed by atoms with van der Waals surface area (Å²) < 4.78 is 1.18. The van der Waals surface area contributed by atoms with Crippen molar-refractivity contribution in [2.75, 3.05) is 0 Å². The van der Waals surface area contributed by atoms with Crippen LogP contribution >= 0.6 is 0 Å². The molecular weight excluding hydrogens is 352 g/mol. The van der Waals surface area contributed by atoms with E-state index in [4.69, 9.17) is 0 Å². The maximum absolute atomic E-state index is 12.3. The van der Waals surface area contributed by atoms with Gasteiger partial charge >= 0.3 is 0 Å². The molecule has 1 heterocycles. The Labute approximate surface area is 153 Å². The Morgan fingerprint density at radius 1 is 1.26 bits per heavy atom. The fraction of sp³-hybridized carbons (Fsp3) is 0.167. The van der Waals surface area contributed by atoms with Gasteiger partial charge in [-0.25, -0.2) is 4.68 Å². The lowest BCUT2D eigenvalue weighted by atomic mass is 10.1. The van der Waals surface area contributed by atoms with Crippen LogP contribution in [-0.4, -0.2) is 25.7 Å². The second-order valence-corrected chi connectivity index (χ2v) is 5.94. The van der Waals surface area contributed by atoms with Gasteiger partial charge in [-0.1, -0.05) is 18.2 Å². The molecule has 138 valence electrons. The molecule has 0 fully saturated rings. The SMILES string of the molecule is Cn1nc(CC(=O)NCc2cc([N+](=O)[O-])ccc2O)c2ccccc2c1=O. The predicted molar refractivity (Wildman–Crippen MR) is 97.3 cm³/mol. The van der Waals surface area contributed by atoms with E-state index in [1.54, 1.807) is 24.3 Å². The topological polar surface area (TPSA) is 127 Å². The average molecular weight is 368 g/mol. The highest BCUT2D eigenvalue weighted by Gasteiger charge is 2.14. The molecule has 0 spiro atoms. The van der Waals surface area contributed by atoms with Gasteiger partial charge in [-0.2, -0.15) is 5.10 Å². The lowest BCUT2D eigenvalue weighted by molar-refractivity contribution is -0.384. The van der Waals surface area contributed by atoms with Crippen LogP contribution in [-0.2, 0) is 24.8 Å². The van der Waals surface area contributed by atoms with Crippen LogP contribution in [0.2, 0.25) is 0 Å². The number of non-ortho nitro benzene ring substituents is 1. The molecule has 0 aliphatic carbocycles. The quantitative estimate of drug-likeness (QED) is 0.518. The smallest absolute Gasteiger partial charge is 0.274 e. The Morgan fingerprint density at radius 3 is 2.67 bits per heavy atom. The number of nitrogens with one attached hydrogen (secondary N) is 1. The number of hydrogen-bond donors (Lipinski definition) is 2. The van der Waals surface area contributed by atoms with Gasteiger partial charge in [0.05, 0.1) is 22.4 Å². The van der Waals surface area contributed by atoms with Crippen LogP contribution in [0.1, 0.15) is 11.3 Å². The molecule has 0 unspecified atom stereocenters. The largest absolute Gasteiger partial charge is 0.508 e. The highest BCUT2D eigenvalue weighted by molar-refractivity contribution is 5.88. The van der Waals surface area contributed by atoms with Gasteiger partial charge in [-0.15, -0.1) is 0 Å². The number of rotatable bonds is 5. The third-order valence-corrected chi connectivity index (χ3v) is 4.11. The number of nitrogens with zero attached hydrogens (tertiary/aromatic N) is 3. The number of hydrogen-bond acceptors (Lipinski definition) is 6. The van der Waals surface area contributed by atoms with E-state index in [-0.39, 0.29) is 35.5 Å². The molecule has 27 heavy (non-hydrogen) atoms. The summed E-state index contributed by atoms with van der Waals surface area (Å²) in [4.78, 5) is 34.7. The average Bonchev–Trinajstić information content (AvgIpc) is 2.65. The number of carbonyl (C=O) groups is 1. The molecule has 3 aromatic rings. The van der Waals surface area contributed by atoms with Crippen molar-refractivity contribution in [3.8, 4) is 5.75 Å². The van der Waals surface area contributed by atoms with Gasteiger partial charge in [0.2, 0.25) is 5.91 Å². The number of benzene rings is 2. The molecule has 1 aromatic heterocycles. The zero-order valence-electron chi connectivity index (χ0n) is 14.4. The van der Waals surface area contributed by atoms with Crippen molar-refractivity contribution in [2.24, 2.45) is 7.05 Å². The first-order valence-electron chi connectivity index (χ1n) is 8.04. The molecule has 1 amide bonds. The lowest BCUT2D eigenvalue weighted by Gasteiger charge is -2.09. The number of aryl methyl sites for hydroxylation is 1. The maximum atomic E-state index is 12.3. The van der Waals surface area contributed by atoms with Crippen LogP contribution in [0.15, 0.2) is 47.3 Å². The van der Waals surface area contributed by atoms with Crippen molar-refractivity contribution >= 4 is 22.4 Å². The van der Waals surface area contributed by atoms with Crippen molar-refractivity contribution in [1.29, 1.82) is 0 Å². The summed E-state index contributed by atoms with van der Waals surface area (Å²) in [6.07, 6.45) is -0.0790. The summed E-state index contributed by atoms with van der Waals surface area (Å²) >= 11 is 0. The summed E-state index contributed by atoms with van der Waals surface area (Å²) in [5.41, 5.74) is 0.239. The highest BCUT2D eigenvalue weighted by Crippen LogP contribution is 2.22. The number of nitro groups is 1. The summed E-state index contributed by atoms with van der Waals surface area (Å²) in [5, 5.41) is 28.4. The molecular formula is C18H16N4O5. The van der Waals surface area contributed by atoms with E-state index in [2.05, 4.69) is 10.4 Å². The van der Waals surface area contributed by atoms with Crippen LogP contribution in [0.25, 0.3) is 10.8 Å². The zero-order chi connectivity index (χ0) is 19.6. The van der Waals surface area contributed by atoms with E-state index < -0.39 is 10.8 Å². The first-order chi connectivity index (χ1) is 12.9. The van der Waals surface area contributed by atoms with Crippen molar-refractivity contribution in [2.45, 2.75) is 13.0 Å². The van der Waals surface area contributed by atoms with Crippen molar-refractivity contribution in [3.63, 3.8) is 0 Å². The maximum Gasteiger partial charge on any atom is 0.274 e. The number of aromatic nitrogens is 2. The minimum Gasteiger partial charge on any atom is -0.508 e. The number of carbonyl (C=O) groups excluding carboxylic acids is 1. The molecule has 0 saturated heterocycles. The fourth-order valence-corrected chi connectivity index (χ4v) is 2.74. The molecule has 3 rings (SSSR count). The number of amides is 1. The predicted octanol–water partition coefficient (Wildman–Crippen LogP) is 1.41. The van der Waals surface area contributed by atoms with Gasteiger partial charge in [-0.05, 0) is 12.1 Å².